The van der Waals surface area contributed by atoms with Crippen molar-refractivity contribution in [3.8, 4) is 11.4 Å². The van der Waals surface area contributed by atoms with Crippen LogP contribution in [0.4, 0.5) is 4.39 Å². The lowest BCUT2D eigenvalue weighted by atomic mass is 9.81. The summed E-state index contributed by atoms with van der Waals surface area (Å²) in [6.07, 6.45) is 1.97. The van der Waals surface area contributed by atoms with Gasteiger partial charge in [-0.3, -0.25) is 9.59 Å². The summed E-state index contributed by atoms with van der Waals surface area (Å²) >= 11 is 2.11. The number of amides is 1. The van der Waals surface area contributed by atoms with Gasteiger partial charge in [0.25, 0.3) is 5.56 Å². The Morgan fingerprint density at radius 1 is 1.35 bits per heavy atom. The van der Waals surface area contributed by atoms with E-state index in [2.05, 4.69) is 27.4 Å². The number of nitrogens with zero attached hydrogens (tertiary/aromatic N) is 2. The number of hydrogen-bond donors (Lipinski definition) is 2. The quantitative estimate of drug-likeness (QED) is 0.129. The molecule has 1 aliphatic carbocycles. The van der Waals surface area contributed by atoms with E-state index >= 15 is 4.39 Å². The Kier molecular flexibility index (Phi) is 7.21. The van der Waals surface area contributed by atoms with Crippen molar-refractivity contribution in [1.82, 2.24) is 14.9 Å². The summed E-state index contributed by atoms with van der Waals surface area (Å²) in [5.74, 6) is -1.28. The van der Waals surface area contributed by atoms with E-state index in [1.807, 2.05) is 6.92 Å². The smallest absolute Gasteiger partial charge is 0.343 e. The molecule has 2 aliphatic heterocycles. The number of pyridine rings is 2. The van der Waals surface area contributed by atoms with Crippen molar-refractivity contribution in [2.75, 3.05) is 6.61 Å². The average molecular weight is 679 g/mol. The van der Waals surface area contributed by atoms with E-state index in [-0.39, 0.29) is 66.9 Å². The number of aliphatic hydroxyl groups is 1. The summed E-state index contributed by atoms with van der Waals surface area (Å²) in [5, 5.41) is 15.3. The molecule has 6 rings (SSSR count). The van der Waals surface area contributed by atoms with Gasteiger partial charge in [-0.1, -0.05) is 13.3 Å². The highest BCUT2D eigenvalue weighted by Gasteiger charge is 2.46. The van der Waals surface area contributed by atoms with E-state index in [1.165, 1.54) is 6.07 Å². The lowest BCUT2D eigenvalue weighted by Gasteiger charge is -2.32. The molecule has 0 radical (unpaired) electrons. The molecule has 3 atom stereocenters. The predicted octanol–water partition coefficient (Wildman–Crippen LogP) is 4.37. The van der Waals surface area contributed by atoms with E-state index in [9.17, 15) is 19.5 Å². The van der Waals surface area contributed by atoms with E-state index in [1.54, 1.807) is 17.6 Å². The van der Waals surface area contributed by atoms with Gasteiger partial charge in [0.05, 0.1) is 54.5 Å². The molecule has 0 saturated heterocycles. The first-order chi connectivity index (χ1) is 19.2. The summed E-state index contributed by atoms with van der Waals surface area (Å²) in [6, 6.07) is 2.71. The van der Waals surface area contributed by atoms with Gasteiger partial charge in [0.15, 0.2) is 5.60 Å². The largest absolute Gasteiger partial charge is 0.458 e. The molecule has 0 spiro atoms. The Labute approximate surface area is 244 Å². The van der Waals surface area contributed by atoms with E-state index in [0.717, 1.165) is 22.1 Å². The Bertz CT molecular complexity index is 1660. The fourth-order valence-corrected chi connectivity index (χ4v) is 7.25. The van der Waals surface area contributed by atoms with Gasteiger partial charge < -0.3 is 24.3 Å². The summed E-state index contributed by atoms with van der Waals surface area (Å²) in [7, 11) is 0. The fourth-order valence-electron chi connectivity index (χ4n) is 6.41. The number of halogens is 2. The zero-order valence-electron chi connectivity index (χ0n) is 22.0. The highest BCUT2D eigenvalue weighted by Crippen LogP contribution is 2.46. The molecule has 1 amide bonds. The SMILES string of the molecule is CCC[C@@]1(O)C(=O)OCc2c1cc1n(c2=O)Cc2c-1nc1cc(F)c(C)c3c1c2[C@@H](NC(=O)CCOPI)CC3. The number of rotatable bonds is 7. The molecule has 9 nitrogen and oxygen atoms in total. The van der Waals surface area contributed by atoms with Gasteiger partial charge in [-0.25, -0.2) is 14.2 Å². The van der Waals surface area contributed by atoms with Gasteiger partial charge in [-0.2, -0.15) is 0 Å². The number of aryl methyl sites for hydroxylation is 1. The Hall–Kier alpha value is -2.47. The minimum absolute atomic E-state index is 0.106. The van der Waals surface area contributed by atoms with Crippen LogP contribution in [0.3, 0.4) is 0 Å². The number of cyclic esters (lactones) is 1. The maximum atomic E-state index is 15.0. The normalized spacial score (nSPS) is 20.9. The standard InChI is InChI=1S/C28H28FIN3O6P/c1-3-7-28(37)17-9-21-25-15(11-33(21)26(35)16(17)12-38-27(28)36)24-19(31-22(34)6-8-39-40-30)5-4-14-13(2)18(29)10-20(32-25)23(14)24/h9-10,19,37,40H,3-8,11-12H2,1-2H3,(H,31,34)/t19-,28-/m0/s1. The number of aromatic nitrogens is 2. The van der Waals surface area contributed by atoms with Gasteiger partial charge in [0.2, 0.25) is 5.91 Å². The average Bonchev–Trinajstić information content (AvgIpc) is 3.29. The van der Waals surface area contributed by atoms with E-state index < -0.39 is 11.6 Å². The minimum atomic E-state index is -1.93. The molecular formula is C28H28FIN3O6P. The third-order valence-electron chi connectivity index (χ3n) is 8.30. The molecule has 210 valence electrons. The van der Waals surface area contributed by atoms with Crippen molar-refractivity contribution in [2.45, 2.75) is 70.7 Å². The van der Waals surface area contributed by atoms with Crippen LogP contribution in [-0.2, 0) is 44.0 Å². The molecule has 3 aromatic rings. The van der Waals surface area contributed by atoms with Crippen LogP contribution in [0.1, 0.15) is 72.0 Å². The second-order valence-corrected chi connectivity index (χ2v) is 12.3. The van der Waals surface area contributed by atoms with Crippen LogP contribution in [0.25, 0.3) is 22.3 Å². The lowest BCUT2D eigenvalue weighted by molar-refractivity contribution is -0.172. The Balaban J connectivity index is 1.56. The second kappa shape index (κ2) is 10.4. The number of nitrogens with one attached hydrogen (secondary N) is 1. The molecule has 1 aromatic carbocycles. The molecule has 2 N–H and O–H groups in total. The summed E-state index contributed by atoms with van der Waals surface area (Å²) in [5.41, 5.74) is 2.61. The summed E-state index contributed by atoms with van der Waals surface area (Å²) < 4.78 is 27.2. The maximum absolute atomic E-state index is 15.0. The topological polar surface area (TPSA) is 120 Å². The number of benzene rings is 1. The van der Waals surface area contributed by atoms with Crippen LogP contribution < -0.4 is 10.9 Å². The first kappa shape index (κ1) is 27.7. The van der Waals surface area contributed by atoms with Crippen molar-refractivity contribution in [2.24, 2.45) is 0 Å². The second-order valence-electron chi connectivity index (χ2n) is 10.5. The van der Waals surface area contributed by atoms with Crippen LogP contribution in [0.5, 0.6) is 0 Å². The van der Waals surface area contributed by atoms with E-state index in [0.29, 0.717) is 48.3 Å². The number of ether oxygens (including phenoxy) is 1. The van der Waals surface area contributed by atoms with Gasteiger partial charge in [0, 0.05) is 22.6 Å². The summed E-state index contributed by atoms with van der Waals surface area (Å²) in [4.78, 5) is 44.1. The molecule has 3 aliphatic rings. The monoisotopic (exact) mass is 679 g/mol. The highest BCUT2D eigenvalue weighted by atomic mass is 127. The summed E-state index contributed by atoms with van der Waals surface area (Å²) in [6.45, 7) is 4.16. The maximum Gasteiger partial charge on any atom is 0.343 e. The van der Waals surface area contributed by atoms with Gasteiger partial charge >= 0.3 is 5.97 Å². The van der Waals surface area contributed by atoms with Crippen molar-refractivity contribution >= 4 is 51.3 Å². The molecule has 0 bridgehead atoms. The molecule has 2 aromatic heterocycles. The van der Waals surface area contributed by atoms with Gasteiger partial charge in [0.1, 0.15) is 12.4 Å². The first-order valence-electron chi connectivity index (χ1n) is 13.3. The number of carbonyl (C=O) groups excluding carboxylic acids is 2. The minimum Gasteiger partial charge on any atom is -0.458 e. The number of fused-ring (bicyclic) bond motifs is 5. The van der Waals surface area contributed by atoms with Gasteiger partial charge in [-0.05, 0) is 71.0 Å². The number of hydrogen-bond acceptors (Lipinski definition) is 7. The van der Waals surface area contributed by atoms with Crippen molar-refractivity contribution < 1.29 is 28.3 Å². The van der Waals surface area contributed by atoms with Gasteiger partial charge in [-0.15, -0.1) is 0 Å². The van der Waals surface area contributed by atoms with Crippen molar-refractivity contribution in [3.05, 3.63) is 61.7 Å². The first-order valence-corrected chi connectivity index (χ1v) is 17.3. The molecule has 40 heavy (non-hydrogen) atoms. The third kappa shape index (κ3) is 4.19. The molecule has 12 heteroatoms. The molecule has 0 fully saturated rings. The molecular weight excluding hydrogens is 651 g/mol. The van der Waals surface area contributed by atoms with Crippen LogP contribution in [0, 0.1) is 12.7 Å². The highest BCUT2D eigenvalue weighted by molar-refractivity contribution is 14.2. The fraction of sp³-hybridized carbons (Fsp3) is 0.429. The van der Waals surface area contributed by atoms with Crippen LogP contribution in [0.15, 0.2) is 16.9 Å². The number of esters is 1. The Morgan fingerprint density at radius 2 is 2.15 bits per heavy atom. The Morgan fingerprint density at radius 3 is 2.90 bits per heavy atom. The third-order valence-corrected chi connectivity index (χ3v) is 9.55. The lowest BCUT2D eigenvalue weighted by Crippen LogP contribution is -2.44. The van der Waals surface area contributed by atoms with Crippen LogP contribution >= 0.6 is 28.5 Å². The molecule has 1 unspecified atom stereocenters. The van der Waals surface area contributed by atoms with Crippen LogP contribution in [0.2, 0.25) is 0 Å². The van der Waals surface area contributed by atoms with Crippen molar-refractivity contribution in [3.63, 3.8) is 0 Å². The molecule has 4 heterocycles. The van der Waals surface area contributed by atoms with E-state index in [4.69, 9.17) is 14.2 Å². The molecule has 0 saturated carbocycles. The number of carbonyl (C=O) groups is 2. The van der Waals surface area contributed by atoms with Crippen molar-refractivity contribution in [1.29, 1.82) is 0 Å². The zero-order chi connectivity index (χ0) is 28.3. The van der Waals surface area contributed by atoms with Crippen LogP contribution in [-0.4, -0.2) is 33.1 Å². The zero-order valence-corrected chi connectivity index (χ0v) is 25.2. The predicted molar refractivity (Wildman–Crippen MR) is 156 cm³/mol.